The maximum atomic E-state index is 13.0. The lowest BCUT2D eigenvalue weighted by Gasteiger charge is -2.41. The van der Waals surface area contributed by atoms with Crippen LogP contribution in [0.2, 0.25) is 0 Å². The lowest BCUT2D eigenvalue weighted by Crippen LogP contribution is -2.43. The third-order valence-corrected chi connectivity index (χ3v) is 4.36. The number of hydrogen-bond acceptors (Lipinski definition) is 3. The first kappa shape index (κ1) is 16.6. The van der Waals surface area contributed by atoms with Crippen LogP contribution in [0.1, 0.15) is 44.2 Å². The molecular formula is C16H19F3N2O. The Bertz CT molecular complexity index is 590. The highest BCUT2D eigenvalue weighted by Gasteiger charge is 2.37. The van der Waals surface area contributed by atoms with Gasteiger partial charge in [0.1, 0.15) is 0 Å². The van der Waals surface area contributed by atoms with Crippen molar-refractivity contribution in [3.63, 3.8) is 0 Å². The van der Waals surface area contributed by atoms with E-state index < -0.39 is 17.8 Å². The van der Waals surface area contributed by atoms with Crippen molar-refractivity contribution in [3.05, 3.63) is 29.3 Å². The Kier molecular flexibility index (Phi) is 4.39. The van der Waals surface area contributed by atoms with E-state index in [9.17, 15) is 18.3 Å². The van der Waals surface area contributed by atoms with Gasteiger partial charge in [0, 0.05) is 11.7 Å². The Morgan fingerprint density at radius 3 is 2.64 bits per heavy atom. The molecule has 0 aliphatic heterocycles. The zero-order valence-electron chi connectivity index (χ0n) is 12.5. The molecule has 1 aromatic rings. The van der Waals surface area contributed by atoms with Crippen LogP contribution in [-0.4, -0.2) is 17.3 Å². The van der Waals surface area contributed by atoms with Crippen LogP contribution in [0, 0.1) is 16.7 Å². The quantitative estimate of drug-likeness (QED) is 0.870. The van der Waals surface area contributed by atoms with Crippen molar-refractivity contribution < 1.29 is 18.3 Å². The first-order valence-electron chi connectivity index (χ1n) is 7.19. The number of aliphatic hydroxyl groups excluding tert-OH is 1. The Morgan fingerprint density at radius 2 is 2.05 bits per heavy atom. The lowest BCUT2D eigenvalue weighted by molar-refractivity contribution is -0.137. The number of alkyl halides is 3. The Hall–Kier alpha value is -1.74. The maximum absolute atomic E-state index is 13.0. The van der Waals surface area contributed by atoms with Crippen molar-refractivity contribution in [1.82, 2.24) is 0 Å². The summed E-state index contributed by atoms with van der Waals surface area (Å²) < 4.78 is 39.0. The topological polar surface area (TPSA) is 56.0 Å². The highest BCUT2D eigenvalue weighted by Crippen LogP contribution is 2.39. The summed E-state index contributed by atoms with van der Waals surface area (Å²) in [5, 5.41) is 21.7. The van der Waals surface area contributed by atoms with Crippen LogP contribution in [0.15, 0.2) is 18.2 Å². The highest BCUT2D eigenvalue weighted by atomic mass is 19.4. The average molecular weight is 312 g/mol. The van der Waals surface area contributed by atoms with Crippen molar-refractivity contribution in [1.29, 1.82) is 5.26 Å². The number of rotatable bonds is 2. The van der Waals surface area contributed by atoms with Gasteiger partial charge in [-0.25, -0.2) is 0 Å². The molecule has 0 bridgehead atoms. The molecule has 1 aliphatic carbocycles. The normalized spacial score (nSPS) is 24.6. The average Bonchev–Trinajstić information content (AvgIpc) is 2.42. The largest absolute Gasteiger partial charge is 0.417 e. The van der Waals surface area contributed by atoms with Gasteiger partial charge in [0.25, 0.3) is 0 Å². The number of nitriles is 1. The van der Waals surface area contributed by atoms with Crippen LogP contribution in [0.4, 0.5) is 18.9 Å². The molecule has 2 atom stereocenters. The fourth-order valence-corrected chi connectivity index (χ4v) is 2.84. The molecule has 0 spiro atoms. The number of nitrogens with zero attached hydrogens (tertiary/aromatic N) is 1. The first-order valence-corrected chi connectivity index (χ1v) is 7.19. The second-order valence-corrected chi connectivity index (χ2v) is 6.48. The number of hydrogen-bond donors (Lipinski definition) is 2. The summed E-state index contributed by atoms with van der Waals surface area (Å²) in [4.78, 5) is 0. The third kappa shape index (κ3) is 3.53. The smallest absolute Gasteiger partial charge is 0.393 e. The van der Waals surface area contributed by atoms with Crippen LogP contribution in [-0.2, 0) is 6.18 Å². The highest BCUT2D eigenvalue weighted by molar-refractivity contribution is 5.53. The predicted molar refractivity (Wildman–Crippen MR) is 77.2 cm³/mol. The molecule has 1 aromatic carbocycles. The Morgan fingerprint density at radius 1 is 1.36 bits per heavy atom. The van der Waals surface area contributed by atoms with E-state index in [1.165, 1.54) is 12.1 Å². The second-order valence-electron chi connectivity index (χ2n) is 6.48. The minimum absolute atomic E-state index is 0.120. The standard InChI is InChI=1S/C16H19F3N2O/c1-15(2)6-5-12(22)8-14(15)21-11-4-3-10(9-20)13(7-11)16(17,18)19/h3-4,7,12,14,21-22H,5-6,8H2,1-2H3. The minimum Gasteiger partial charge on any atom is -0.393 e. The SMILES string of the molecule is CC1(C)CCC(O)CC1Nc1ccc(C#N)c(C(F)(F)F)c1. The van der Waals surface area contributed by atoms with Gasteiger partial charge in [-0.1, -0.05) is 13.8 Å². The Balaban J connectivity index is 2.28. The molecule has 0 saturated heterocycles. The molecule has 6 heteroatoms. The molecule has 3 nitrogen and oxygen atoms in total. The van der Waals surface area contributed by atoms with Crippen molar-refractivity contribution in [3.8, 4) is 6.07 Å². The summed E-state index contributed by atoms with van der Waals surface area (Å²) in [6.45, 7) is 4.07. The fraction of sp³-hybridized carbons (Fsp3) is 0.562. The van der Waals surface area contributed by atoms with Gasteiger partial charge >= 0.3 is 6.18 Å². The Labute approximate surface area is 127 Å². The van der Waals surface area contributed by atoms with Crippen molar-refractivity contribution in [2.75, 3.05) is 5.32 Å². The van der Waals surface area contributed by atoms with Gasteiger partial charge in [-0.3, -0.25) is 0 Å². The van der Waals surface area contributed by atoms with E-state index >= 15 is 0 Å². The number of benzene rings is 1. The van der Waals surface area contributed by atoms with E-state index in [0.29, 0.717) is 18.5 Å². The third-order valence-electron chi connectivity index (χ3n) is 4.36. The van der Waals surface area contributed by atoms with Crippen LogP contribution in [0.3, 0.4) is 0 Å². The molecule has 1 fully saturated rings. The van der Waals surface area contributed by atoms with Gasteiger partial charge in [-0.2, -0.15) is 18.4 Å². The van der Waals surface area contributed by atoms with E-state index in [0.717, 1.165) is 12.5 Å². The minimum atomic E-state index is -4.57. The number of nitrogens with one attached hydrogen (secondary N) is 1. The molecule has 0 radical (unpaired) electrons. The monoisotopic (exact) mass is 312 g/mol. The van der Waals surface area contributed by atoms with E-state index in [1.807, 2.05) is 13.8 Å². The van der Waals surface area contributed by atoms with Crippen LogP contribution in [0.5, 0.6) is 0 Å². The van der Waals surface area contributed by atoms with E-state index in [2.05, 4.69) is 5.32 Å². The molecule has 22 heavy (non-hydrogen) atoms. The molecule has 1 saturated carbocycles. The molecular weight excluding hydrogens is 293 g/mol. The summed E-state index contributed by atoms with van der Waals surface area (Å²) in [5.41, 5.74) is -1.13. The van der Waals surface area contributed by atoms with E-state index in [1.54, 1.807) is 6.07 Å². The molecule has 2 rings (SSSR count). The van der Waals surface area contributed by atoms with Crippen LogP contribution in [0.25, 0.3) is 0 Å². The zero-order chi connectivity index (χ0) is 16.5. The summed E-state index contributed by atoms with van der Waals surface area (Å²) >= 11 is 0. The summed E-state index contributed by atoms with van der Waals surface area (Å²) in [6.07, 6.45) is -3.01. The molecule has 0 aromatic heterocycles. The number of aliphatic hydroxyl groups is 1. The summed E-state index contributed by atoms with van der Waals surface area (Å²) in [5.74, 6) is 0. The molecule has 2 unspecified atom stereocenters. The molecule has 0 amide bonds. The van der Waals surface area contributed by atoms with Gasteiger partial charge in [0.15, 0.2) is 0 Å². The molecule has 0 heterocycles. The summed E-state index contributed by atoms with van der Waals surface area (Å²) in [6, 6.07) is 5.07. The van der Waals surface area contributed by atoms with E-state index in [-0.39, 0.29) is 17.0 Å². The van der Waals surface area contributed by atoms with Crippen LogP contribution < -0.4 is 5.32 Å². The predicted octanol–water partition coefficient (Wildman–Crippen LogP) is 3.93. The maximum Gasteiger partial charge on any atom is 0.417 e. The second kappa shape index (κ2) is 5.81. The number of anilines is 1. The molecule has 120 valence electrons. The van der Waals surface area contributed by atoms with Gasteiger partial charge in [0.2, 0.25) is 0 Å². The molecule has 2 N–H and O–H groups in total. The van der Waals surface area contributed by atoms with Gasteiger partial charge < -0.3 is 10.4 Å². The fourth-order valence-electron chi connectivity index (χ4n) is 2.84. The summed E-state index contributed by atoms with van der Waals surface area (Å²) in [7, 11) is 0. The van der Waals surface area contributed by atoms with Gasteiger partial charge in [-0.15, -0.1) is 0 Å². The number of halogens is 3. The van der Waals surface area contributed by atoms with Gasteiger partial charge in [0.05, 0.1) is 23.3 Å². The van der Waals surface area contributed by atoms with Crippen molar-refractivity contribution in [2.24, 2.45) is 5.41 Å². The van der Waals surface area contributed by atoms with Gasteiger partial charge in [-0.05, 0) is 42.9 Å². The van der Waals surface area contributed by atoms with Crippen molar-refractivity contribution in [2.45, 2.75) is 51.4 Å². The first-order chi connectivity index (χ1) is 10.1. The molecule has 1 aliphatic rings. The van der Waals surface area contributed by atoms with Crippen molar-refractivity contribution >= 4 is 5.69 Å². The lowest BCUT2D eigenvalue weighted by atomic mass is 9.72. The van der Waals surface area contributed by atoms with Crippen LogP contribution >= 0.6 is 0 Å². The zero-order valence-corrected chi connectivity index (χ0v) is 12.5. The van der Waals surface area contributed by atoms with E-state index in [4.69, 9.17) is 5.26 Å².